The number of benzene rings is 2. The number of fused-ring (bicyclic) bond motifs is 2. The molecule has 0 radical (unpaired) electrons. The molecule has 2 heterocycles. The van der Waals surface area contributed by atoms with E-state index < -0.39 is 4.87 Å². The van der Waals surface area contributed by atoms with Crippen molar-refractivity contribution < 1.29 is 14.3 Å². The van der Waals surface area contributed by atoms with Gasteiger partial charge in [0, 0.05) is 24.8 Å². The van der Waals surface area contributed by atoms with Crippen molar-refractivity contribution in [2.24, 2.45) is 0 Å². The van der Waals surface area contributed by atoms with E-state index in [-0.39, 0.29) is 11.8 Å². The van der Waals surface area contributed by atoms with Crippen molar-refractivity contribution in [2.75, 3.05) is 24.3 Å². The van der Waals surface area contributed by atoms with Gasteiger partial charge in [-0.1, -0.05) is 29.8 Å². The third kappa shape index (κ3) is 2.70. The Balaban J connectivity index is 1.82. The fraction of sp³-hybridized carbons (Fsp3) is 0.333. The third-order valence-corrected chi connectivity index (χ3v) is 6.66. The normalized spacial score (nSPS) is 21.1. The molecule has 0 aromatic heterocycles. The summed E-state index contributed by atoms with van der Waals surface area (Å²) in [6.45, 7) is 4.62. The van der Waals surface area contributed by atoms with Gasteiger partial charge < -0.3 is 14.5 Å². The Kier molecular flexibility index (Phi) is 4.38. The summed E-state index contributed by atoms with van der Waals surface area (Å²) < 4.78 is 5.40. The zero-order valence-electron chi connectivity index (χ0n) is 15.7. The first-order valence-corrected chi connectivity index (χ1v) is 9.94. The highest BCUT2D eigenvalue weighted by Gasteiger charge is 2.58. The van der Waals surface area contributed by atoms with Gasteiger partial charge in [0.25, 0.3) is 5.91 Å². The fourth-order valence-electron chi connectivity index (χ4n) is 3.89. The van der Waals surface area contributed by atoms with E-state index in [2.05, 4.69) is 0 Å². The monoisotopic (exact) mass is 382 g/mol. The number of nitrogens with zero attached hydrogens (tertiary/aromatic N) is 2. The Morgan fingerprint density at radius 2 is 1.96 bits per heavy atom. The van der Waals surface area contributed by atoms with E-state index >= 15 is 0 Å². The molecule has 2 aromatic carbocycles. The van der Waals surface area contributed by atoms with Crippen molar-refractivity contribution in [3.05, 3.63) is 59.2 Å². The van der Waals surface area contributed by atoms with E-state index in [1.54, 1.807) is 16.9 Å². The molecule has 1 spiro atoms. The highest BCUT2D eigenvalue weighted by molar-refractivity contribution is 8.01. The molecule has 0 N–H and O–H groups in total. The summed E-state index contributed by atoms with van der Waals surface area (Å²) in [5.74, 6) is 1.29. The smallest absolute Gasteiger partial charge is 0.268 e. The van der Waals surface area contributed by atoms with E-state index in [4.69, 9.17) is 4.74 Å². The maximum atomic E-state index is 13.6. The summed E-state index contributed by atoms with van der Waals surface area (Å²) in [7, 11) is 1.61. The van der Waals surface area contributed by atoms with Gasteiger partial charge in [0.15, 0.2) is 4.87 Å². The predicted molar refractivity (Wildman–Crippen MR) is 107 cm³/mol. The molecule has 1 unspecified atom stereocenters. The summed E-state index contributed by atoms with van der Waals surface area (Å²) in [5, 5.41) is 0. The van der Waals surface area contributed by atoms with Gasteiger partial charge in [0.05, 0.1) is 19.3 Å². The summed E-state index contributed by atoms with van der Waals surface area (Å²) >= 11 is 1.53. The minimum Gasteiger partial charge on any atom is -0.497 e. The third-order valence-electron chi connectivity index (χ3n) is 5.24. The van der Waals surface area contributed by atoms with Crippen molar-refractivity contribution >= 4 is 29.3 Å². The Morgan fingerprint density at radius 3 is 2.63 bits per heavy atom. The molecule has 2 aromatic rings. The number of thioether (sulfide) groups is 1. The van der Waals surface area contributed by atoms with E-state index in [1.807, 2.05) is 49.4 Å². The van der Waals surface area contributed by atoms with E-state index in [0.717, 1.165) is 22.6 Å². The van der Waals surface area contributed by atoms with Crippen molar-refractivity contribution in [1.29, 1.82) is 0 Å². The van der Waals surface area contributed by atoms with Gasteiger partial charge in [-0.05, 0) is 30.7 Å². The minimum atomic E-state index is -0.986. The van der Waals surface area contributed by atoms with E-state index in [0.29, 0.717) is 18.8 Å². The second kappa shape index (κ2) is 6.60. The van der Waals surface area contributed by atoms with Crippen molar-refractivity contribution in [3.63, 3.8) is 0 Å². The second-order valence-electron chi connectivity index (χ2n) is 6.92. The average molecular weight is 382 g/mol. The van der Waals surface area contributed by atoms with E-state index in [1.165, 1.54) is 24.2 Å². The van der Waals surface area contributed by atoms with Gasteiger partial charge in [-0.3, -0.25) is 9.59 Å². The van der Waals surface area contributed by atoms with E-state index in [9.17, 15) is 9.59 Å². The highest BCUT2D eigenvalue weighted by Crippen LogP contribution is 2.55. The van der Waals surface area contributed by atoms with Crippen LogP contribution in [0.5, 0.6) is 5.75 Å². The van der Waals surface area contributed by atoms with Crippen LogP contribution in [0.4, 0.5) is 5.69 Å². The molecular formula is C21H22N2O3S. The number of ether oxygens (including phenoxy) is 1. The van der Waals surface area contributed by atoms with Crippen LogP contribution in [-0.4, -0.2) is 36.1 Å². The number of carbonyl (C=O) groups excluding carboxylic acids is 2. The van der Waals surface area contributed by atoms with Gasteiger partial charge in [-0.2, -0.15) is 0 Å². The molecule has 2 aliphatic heterocycles. The molecule has 1 atom stereocenters. The van der Waals surface area contributed by atoms with Crippen molar-refractivity contribution in [1.82, 2.24) is 4.90 Å². The van der Waals surface area contributed by atoms with Crippen LogP contribution in [0.3, 0.4) is 0 Å². The quantitative estimate of drug-likeness (QED) is 0.817. The van der Waals surface area contributed by atoms with Gasteiger partial charge in [-0.15, -0.1) is 11.8 Å². The SMILES string of the molecule is COc1ccc2c(c1)C1(SCCN1C(C)=O)C(=O)N2Cc1ccc(C)cc1. The zero-order chi connectivity index (χ0) is 19.2. The number of amides is 2. The van der Waals surface area contributed by atoms with Crippen molar-refractivity contribution in [3.8, 4) is 5.75 Å². The molecule has 5 nitrogen and oxygen atoms in total. The largest absolute Gasteiger partial charge is 0.497 e. The van der Waals surface area contributed by atoms with Crippen LogP contribution >= 0.6 is 11.8 Å². The maximum absolute atomic E-state index is 13.6. The average Bonchev–Trinajstić information content (AvgIpc) is 3.21. The van der Waals surface area contributed by atoms with Gasteiger partial charge in [0.2, 0.25) is 5.91 Å². The number of carbonyl (C=O) groups is 2. The van der Waals surface area contributed by atoms with Gasteiger partial charge in [0.1, 0.15) is 5.75 Å². The van der Waals surface area contributed by atoms with Crippen molar-refractivity contribution in [2.45, 2.75) is 25.3 Å². The molecule has 2 aliphatic rings. The molecule has 0 bridgehead atoms. The summed E-state index contributed by atoms with van der Waals surface area (Å²) in [5.41, 5.74) is 3.94. The number of hydrogen-bond donors (Lipinski definition) is 0. The van der Waals surface area contributed by atoms with Crippen LogP contribution in [-0.2, 0) is 21.0 Å². The number of rotatable bonds is 3. The molecule has 1 fully saturated rings. The van der Waals surface area contributed by atoms with Crippen LogP contribution in [0.2, 0.25) is 0 Å². The standard InChI is InChI=1S/C21H22N2O3S/c1-14-4-6-16(7-5-14)13-22-19-9-8-17(26-3)12-18(19)21(20(22)25)23(15(2)24)10-11-27-21/h4-9,12H,10-11,13H2,1-3H3. The van der Waals surface area contributed by atoms with Gasteiger partial charge >= 0.3 is 0 Å². The van der Waals surface area contributed by atoms with Gasteiger partial charge in [-0.25, -0.2) is 0 Å². The molecule has 2 amide bonds. The lowest BCUT2D eigenvalue weighted by Crippen LogP contribution is -2.49. The number of aryl methyl sites for hydroxylation is 1. The fourth-order valence-corrected chi connectivity index (χ4v) is 5.39. The van der Waals surface area contributed by atoms with Crippen LogP contribution in [0, 0.1) is 6.92 Å². The topological polar surface area (TPSA) is 49.9 Å². The Morgan fingerprint density at radius 1 is 1.22 bits per heavy atom. The summed E-state index contributed by atoms with van der Waals surface area (Å²) in [4.78, 5) is 28.5. The second-order valence-corrected chi connectivity index (χ2v) is 8.21. The van der Waals surface area contributed by atoms with Crippen LogP contribution in [0.15, 0.2) is 42.5 Å². The first kappa shape index (κ1) is 17.9. The number of hydrogen-bond acceptors (Lipinski definition) is 4. The summed E-state index contributed by atoms with van der Waals surface area (Å²) in [6.07, 6.45) is 0. The summed E-state index contributed by atoms with van der Waals surface area (Å²) in [6, 6.07) is 13.9. The zero-order valence-corrected chi connectivity index (χ0v) is 16.5. The maximum Gasteiger partial charge on any atom is 0.268 e. The lowest BCUT2D eigenvalue weighted by atomic mass is 10.1. The van der Waals surface area contributed by atoms with Crippen LogP contribution in [0.25, 0.3) is 0 Å². The molecule has 6 heteroatoms. The minimum absolute atomic E-state index is 0.0518. The first-order chi connectivity index (χ1) is 13.0. The lowest BCUT2D eigenvalue weighted by molar-refractivity contribution is -0.138. The molecule has 27 heavy (non-hydrogen) atoms. The lowest BCUT2D eigenvalue weighted by Gasteiger charge is -2.32. The van der Waals surface area contributed by atoms with Crippen LogP contribution < -0.4 is 9.64 Å². The predicted octanol–water partition coefficient (Wildman–Crippen LogP) is 3.30. The number of anilines is 1. The molecule has 0 saturated carbocycles. The number of methoxy groups -OCH3 is 1. The molecule has 0 aliphatic carbocycles. The molecular weight excluding hydrogens is 360 g/mol. The molecule has 4 rings (SSSR count). The van der Waals surface area contributed by atoms with Crippen LogP contribution in [0.1, 0.15) is 23.6 Å². The first-order valence-electron chi connectivity index (χ1n) is 8.95. The Bertz CT molecular complexity index is 912. The Labute approximate surface area is 163 Å². The molecule has 1 saturated heterocycles. The highest BCUT2D eigenvalue weighted by atomic mass is 32.2. The Hall–Kier alpha value is -2.47. The molecule has 140 valence electrons.